The summed E-state index contributed by atoms with van der Waals surface area (Å²) in [5.41, 5.74) is 2.60. The van der Waals surface area contributed by atoms with Crippen LogP contribution in [0.3, 0.4) is 0 Å². The summed E-state index contributed by atoms with van der Waals surface area (Å²) in [6, 6.07) is 19.9. The molecule has 0 aliphatic rings. The Morgan fingerprint density at radius 2 is 1.60 bits per heavy atom. The highest BCUT2D eigenvalue weighted by atomic mass is 127. The average molecular weight is 372 g/mol. The number of benzene rings is 3. The normalized spacial score (nSPS) is 10.7. The second kappa shape index (κ2) is 5.37. The molecule has 0 radical (unpaired) electrons. The molecule has 0 bridgehead atoms. The molecule has 0 aromatic heterocycles. The van der Waals surface area contributed by atoms with Crippen molar-refractivity contribution < 1.29 is 4.79 Å². The number of hydrogen-bond acceptors (Lipinski definition) is 1. The molecule has 0 unspecified atom stereocenters. The van der Waals surface area contributed by atoms with Crippen LogP contribution in [0, 0.1) is 10.5 Å². The van der Waals surface area contributed by atoms with Crippen molar-refractivity contribution >= 4 is 39.1 Å². The van der Waals surface area contributed by atoms with Crippen LogP contribution in [0.1, 0.15) is 21.5 Å². The van der Waals surface area contributed by atoms with Crippen LogP contribution < -0.4 is 0 Å². The fourth-order valence-electron chi connectivity index (χ4n) is 2.46. The molecule has 3 rings (SSSR count). The Balaban J connectivity index is 2.27. The topological polar surface area (TPSA) is 17.1 Å². The van der Waals surface area contributed by atoms with E-state index in [9.17, 15) is 4.79 Å². The van der Waals surface area contributed by atoms with Gasteiger partial charge in [0.1, 0.15) is 0 Å². The van der Waals surface area contributed by atoms with Gasteiger partial charge in [0, 0.05) is 14.7 Å². The molecule has 0 heterocycles. The van der Waals surface area contributed by atoms with E-state index in [4.69, 9.17) is 0 Å². The lowest BCUT2D eigenvalue weighted by molar-refractivity contribution is 0.103. The quantitative estimate of drug-likeness (QED) is 0.458. The first-order valence-electron chi connectivity index (χ1n) is 6.46. The van der Waals surface area contributed by atoms with Gasteiger partial charge in [-0.05, 0) is 58.0 Å². The highest BCUT2D eigenvalue weighted by Crippen LogP contribution is 2.26. The maximum atomic E-state index is 12.9. The molecule has 20 heavy (non-hydrogen) atoms. The monoisotopic (exact) mass is 372 g/mol. The summed E-state index contributed by atoms with van der Waals surface area (Å²) in [5.74, 6) is 0.101. The molecule has 3 aromatic carbocycles. The van der Waals surface area contributed by atoms with Gasteiger partial charge in [0.15, 0.2) is 5.78 Å². The van der Waals surface area contributed by atoms with Crippen molar-refractivity contribution in [3.8, 4) is 0 Å². The minimum absolute atomic E-state index is 0.101. The Morgan fingerprint density at radius 3 is 2.40 bits per heavy atom. The number of ketones is 1. The lowest BCUT2D eigenvalue weighted by Gasteiger charge is -2.10. The maximum Gasteiger partial charge on any atom is 0.194 e. The summed E-state index contributed by atoms with van der Waals surface area (Å²) in [4.78, 5) is 12.9. The van der Waals surface area contributed by atoms with Gasteiger partial charge in [0.05, 0.1) is 0 Å². The third kappa shape index (κ3) is 2.24. The molecule has 0 amide bonds. The van der Waals surface area contributed by atoms with Gasteiger partial charge in [-0.2, -0.15) is 0 Å². The molecule has 2 heteroatoms. The molecule has 0 saturated carbocycles. The third-order valence-corrected chi connectivity index (χ3v) is 4.42. The van der Waals surface area contributed by atoms with E-state index < -0.39 is 0 Å². The maximum absolute atomic E-state index is 12.9. The number of carbonyl (C=O) groups is 1. The van der Waals surface area contributed by atoms with Crippen LogP contribution in [-0.4, -0.2) is 5.78 Å². The largest absolute Gasteiger partial charge is 0.289 e. The first-order valence-corrected chi connectivity index (χ1v) is 7.54. The average Bonchev–Trinajstić information content (AvgIpc) is 2.47. The number of halogens is 1. The summed E-state index contributed by atoms with van der Waals surface area (Å²) in [7, 11) is 0. The van der Waals surface area contributed by atoms with E-state index >= 15 is 0 Å². The van der Waals surface area contributed by atoms with Gasteiger partial charge in [-0.3, -0.25) is 4.79 Å². The fourth-order valence-corrected chi connectivity index (χ4v) is 3.09. The highest BCUT2D eigenvalue weighted by molar-refractivity contribution is 14.1. The Kier molecular flexibility index (Phi) is 3.57. The number of aryl methyl sites for hydroxylation is 1. The first kappa shape index (κ1) is 13.3. The molecular formula is C18H13IO. The van der Waals surface area contributed by atoms with E-state index in [0.717, 1.165) is 31.0 Å². The van der Waals surface area contributed by atoms with Gasteiger partial charge >= 0.3 is 0 Å². The van der Waals surface area contributed by atoms with Crippen LogP contribution in [0.2, 0.25) is 0 Å². The second-order valence-electron chi connectivity index (χ2n) is 4.79. The molecule has 0 aliphatic carbocycles. The predicted molar refractivity (Wildman–Crippen MR) is 91.3 cm³/mol. The van der Waals surface area contributed by atoms with Gasteiger partial charge in [-0.15, -0.1) is 0 Å². The van der Waals surface area contributed by atoms with Gasteiger partial charge in [0.25, 0.3) is 0 Å². The zero-order valence-corrected chi connectivity index (χ0v) is 13.2. The molecule has 0 aliphatic heterocycles. The van der Waals surface area contributed by atoms with Crippen LogP contribution in [0.25, 0.3) is 10.8 Å². The van der Waals surface area contributed by atoms with Gasteiger partial charge < -0.3 is 0 Å². The molecule has 0 atom stereocenters. The molecule has 0 spiro atoms. The zero-order valence-electron chi connectivity index (χ0n) is 11.1. The Bertz CT molecular complexity index is 805. The molecule has 0 N–H and O–H groups in total. The van der Waals surface area contributed by atoms with Crippen molar-refractivity contribution in [1.29, 1.82) is 0 Å². The molecule has 1 nitrogen and oxygen atoms in total. The first-order chi connectivity index (χ1) is 9.68. The van der Waals surface area contributed by atoms with Crippen molar-refractivity contribution in [2.75, 3.05) is 0 Å². The van der Waals surface area contributed by atoms with E-state index in [1.165, 1.54) is 0 Å². The molecule has 0 saturated heterocycles. The van der Waals surface area contributed by atoms with Crippen molar-refractivity contribution in [2.45, 2.75) is 6.92 Å². The van der Waals surface area contributed by atoms with Crippen LogP contribution >= 0.6 is 22.6 Å². The summed E-state index contributed by atoms with van der Waals surface area (Å²) in [6.45, 7) is 2.00. The van der Waals surface area contributed by atoms with Crippen molar-refractivity contribution in [3.05, 3.63) is 80.9 Å². The standard InChI is InChI=1S/C18H13IO/c1-12-10-11-13-6-2-3-7-14(13)17(12)18(20)15-8-4-5-9-16(15)19/h2-11H,1H3. The van der Waals surface area contributed by atoms with Crippen LogP contribution in [-0.2, 0) is 0 Å². The van der Waals surface area contributed by atoms with E-state index in [2.05, 4.69) is 28.7 Å². The van der Waals surface area contributed by atoms with Gasteiger partial charge in [0.2, 0.25) is 0 Å². The third-order valence-electron chi connectivity index (χ3n) is 3.48. The summed E-state index contributed by atoms with van der Waals surface area (Å²) in [6.07, 6.45) is 0. The van der Waals surface area contributed by atoms with Crippen molar-refractivity contribution in [2.24, 2.45) is 0 Å². The Morgan fingerprint density at radius 1 is 0.900 bits per heavy atom. The van der Waals surface area contributed by atoms with E-state index in [0.29, 0.717) is 0 Å². The molecule has 3 aromatic rings. The van der Waals surface area contributed by atoms with Gasteiger partial charge in [-0.1, -0.05) is 48.5 Å². The zero-order chi connectivity index (χ0) is 14.1. The minimum Gasteiger partial charge on any atom is -0.289 e. The van der Waals surface area contributed by atoms with E-state index in [1.54, 1.807) is 0 Å². The van der Waals surface area contributed by atoms with E-state index in [-0.39, 0.29) is 5.78 Å². The van der Waals surface area contributed by atoms with Crippen LogP contribution in [0.15, 0.2) is 60.7 Å². The minimum atomic E-state index is 0.101. The second-order valence-corrected chi connectivity index (χ2v) is 5.95. The summed E-state index contributed by atoms with van der Waals surface area (Å²) >= 11 is 2.22. The van der Waals surface area contributed by atoms with Gasteiger partial charge in [-0.25, -0.2) is 0 Å². The lowest BCUT2D eigenvalue weighted by atomic mass is 9.93. The number of carbonyl (C=O) groups excluding carboxylic acids is 1. The van der Waals surface area contributed by atoms with Crippen LogP contribution in [0.4, 0.5) is 0 Å². The predicted octanol–water partition coefficient (Wildman–Crippen LogP) is 4.98. The highest BCUT2D eigenvalue weighted by Gasteiger charge is 2.16. The van der Waals surface area contributed by atoms with Crippen molar-refractivity contribution in [1.82, 2.24) is 0 Å². The Labute approximate surface area is 131 Å². The lowest BCUT2D eigenvalue weighted by Crippen LogP contribution is -2.06. The summed E-state index contributed by atoms with van der Waals surface area (Å²) in [5, 5.41) is 2.13. The molecule has 0 fully saturated rings. The fraction of sp³-hybridized carbons (Fsp3) is 0.0556. The summed E-state index contributed by atoms with van der Waals surface area (Å²) < 4.78 is 0.988. The SMILES string of the molecule is Cc1ccc2ccccc2c1C(=O)c1ccccc1I. The smallest absolute Gasteiger partial charge is 0.194 e. The number of rotatable bonds is 2. The molecule has 98 valence electrons. The Hall–Kier alpha value is -1.68. The number of fused-ring (bicyclic) bond motifs is 1. The molecular weight excluding hydrogens is 359 g/mol. The van der Waals surface area contributed by atoms with E-state index in [1.807, 2.05) is 61.5 Å². The van der Waals surface area contributed by atoms with Crippen molar-refractivity contribution in [3.63, 3.8) is 0 Å². The number of hydrogen-bond donors (Lipinski definition) is 0. The van der Waals surface area contributed by atoms with Crippen LogP contribution in [0.5, 0.6) is 0 Å².